The molecule has 9 nitrogen and oxygen atoms in total. The molecule has 0 radical (unpaired) electrons. The molecule has 0 bridgehead atoms. The first-order chi connectivity index (χ1) is 14.0. The average Bonchev–Trinajstić information content (AvgIpc) is 3.38. The van der Waals surface area contributed by atoms with Crippen molar-refractivity contribution in [1.29, 1.82) is 0 Å². The van der Waals surface area contributed by atoms with E-state index in [1.165, 1.54) is 18.8 Å². The molecule has 1 aromatic heterocycles. The average molecular weight is 420 g/mol. The minimum absolute atomic E-state index is 0.0809. The number of hydrogen-bond acceptors (Lipinski definition) is 7. The van der Waals surface area contributed by atoms with Crippen molar-refractivity contribution in [2.75, 3.05) is 20.8 Å². The summed E-state index contributed by atoms with van der Waals surface area (Å²) in [6.45, 7) is 3.07. The molecule has 2 atom stereocenters. The Balaban J connectivity index is 1.84. The summed E-state index contributed by atoms with van der Waals surface area (Å²) < 4.78 is 13.0. The topological polar surface area (TPSA) is 107 Å². The maximum atomic E-state index is 12.2. The fourth-order valence-corrected chi connectivity index (χ4v) is 3.83. The Morgan fingerprint density at radius 2 is 2.10 bits per heavy atom. The van der Waals surface area contributed by atoms with Gasteiger partial charge < -0.3 is 14.8 Å². The number of benzene rings is 1. The van der Waals surface area contributed by atoms with E-state index in [9.17, 15) is 9.59 Å². The summed E-state index contributed by atoms with van der Waals surface area (Å²) in [4.78, 5) is 23.6. The number of urea groups is 1. The highest BCUT2D eigenvalue weighted by Gasteiger charge is 2.25. The summed E-state index contributed by atoms with van der Waals surface area (Å²) in [6, 6.07) is 7.04. The van der Waals surface area contributed by atoms with Gasteiger partial charge in [0.1, 0.15) is 5.75 Å². The maximum Gasteiger partial charge on any atom is 0.321 e. The number of amides is 3. The number of thioether (sulfide) groups is 1. The Hall–Kier alpha value is -2.59. The lowest BCUT2D eigenvalue weighted by molar-refractivity contribution is -0.119. The smallest absolute Gasteiger partial charge is 0.321 e. The predicted molar refractivity (Wildman–Crippen MR) is 109 cm³/mol. The molecule has 1 saturated heterocycles. The zero-order valence-electron chi connectivity index (χ0n) is 16.7. The summed E-state index contributed by atoms with van der Waals surface area (Å²) >= 11 is 1.25. The third-order valence-electron chi connectivity index (χ3n) is 4.59. The van der Waals surface area contributed by atoms with E-state index in [1.54, 1.807) is 14.0 Å². The standard InChI is InChI=1S/C19H25N5O4S/c1-12(17(25)21-18(26)20-2)29-19-23-22-16(13-6-8-14(27-3)9-7-13)24(19)11-15-5-4-10-28-15/h6-9,12,15H,4-5,10-11H2,1-3H3,(H2,20,21,25,26)/t12-,15-/m1/s1. The first-order valence-electron chi connectivity index (χ1n) is 9.40. The zero-order chi connectivity index (χ0) is 20.8. The Labute approximate surface area is 173 Å². The highest BCUT2D eigenvalue weighted by atomic mass is 32.2. The number of carbonyl (C=O) groups excluding carboxylic acids is 2. The molecule has 0 spiro atoms. The van der Waals surface area contributed by atoms with Crippen LogP contribution in [0.15, 0.2) is 29.4 Å². The number of ether oxygens (including phenoxy) is 2. The molecule has 2 N–H and O–H groups in total. The highest BCUT2D eigenvalue weighted by molar-refractivity contribution is 8.00. The summed E-state index contributed by atoms with van der Waals surface area (Å²) in [7, 11) is 3.08. The molecule has 10 heteroatoms. The van der Waals surface area contributed by atoms with E-state index in [0.717, 1.165) is 30.8 Å². The van der Waals surface area contributed by atoms with Gasteiger partial charge in [-0.3, -0.25) is 14.7 Å². The molecule has 0 saturated carbocycles. The minimum Gasteiger partial charge on any atom is -0.497 e. The number of rotatable bonds is 7. The van der Waals surface area contributed by atoms with Gasteiger partial charge in [-0.1, -0.05) is 11.8 Å². The molecule has 1 aliphatic heterocycles. The molecule has 29 heavy (non-hydrogen) atoms. The minimum atomic E-state index is -0.540. The second-order valence-electron chi connectivity index (χ2n) is 6.61. The second kappa shape index (κ2) is 9.75. The Kier molecular flexibility index (Phi) is 7.10. The highest BCUT2D eigenvalue weighted by Crippen LogP contribution is 2.29. The van der Waals surface area contributed by atoms with Crippen molar-refractivity contribution in [2.45, 2.75) is 42.8 Å². The molecule has 3 rings (SSSR count). The molecule has 3 amide bonds. The van der Waals surface area contributed by atoms with Crippen LogP contribution in [0.5, 0.6) is 5.75 Å². The van der Waals surface area contributed by atoms with Gasteiger partial charge in [-0.15, -0.1) is 10.2 Å². The third-order valence-corrected chi connectivity index (χ3v) is 5.67. The zero-order valence-corrected chi connectivity index (χ0v) is 17.5. The van der Waals surface area contributed by atoms with Crippen molar-refractivity contribution in [1.82, 2.24) is 25.4 Å². The van der Waals surface area contributed by atoms with Crippen LogP contribution in [0.4, 0.5) is 4.79 Å². The summed E-state index contributed by atoms with van der Waals surface area (Å²) in [5.41, 5.74) is 0.894. The van der Waals surface area contributed by atoms with E-state index in [1.807, 2.05) is 28.8 Å². The molecular weight excluding hydrogens is 394 g/mol. The lowest BCUT2D eigenvalue weighted by Crippen LogP contribution is -2.41. The fourth-order valence-electron chi connectivity index (χ4n) is 2.97. The number of methoxy groups -OCH3 is 1. The largest absolute Gasteiger partial charge is 0.497 e. The number of nitrogens with one attached hydrogen (secondary N) is 2. The third kappa shape index (κ3) is 5.27. The fraction of sp³-hybridized carbons (Fsp3) is 0.474. The molecule has 0 unspecified atom stereocenters. The van der Waals surface area contributed by atoms with Crippen LogP contribution in [0.3, 0.4) is 0 Å². The molecule has 2 aromatic rings. The summed E-state index contributed by atoms with van der Waals surface area (Å²) in [5.74, 6) is 1.06. The number of carbonyl (C=O) groups is 2. The molecular formula is C19H25N5O4S. The van der Waals surface area contributed by atoms with Crippen molar-refractivity contribution >= 4 is 23.7 Å². The van der Waals surface area contributed by atoms with E-state index in [4.69, 9.17) is 9.47 Å². The summed E-state index contributed by atoms with van der Waals surface area (Å²) in [5, 5.41) is 13.4. The monoisotopic (exact) mass is 419 g/mol. The number of hydrogen-bond donors (Lipinski definition) is 2. The van der Waals surface area contributed by atoms with Gasteiger partial charge >= 0.3 is 6.03 Å². The SMILES string of the molecule is CNC(=O)NC(=O)[C@@H](C)Sc1nnc(-c2ccc(OC)cc2)n1C[C@H]1CCCO1. The number of imide groups is 1. The maximum absolute atomic E-state index is 12.2. The number of aromatic nitrogens is 3. The first-order valence-corrected chi connectivity index (χ1v) is 10.3. The van der Waals surface area contributed by atoms with Gasteiger partial charge in [0.25, 0.3) is 0 Å². The molecule has 1 aromatic carbocycles. The van der Waals surface area contributed by atoms with Crippen molar-refractivity contribution in [3.63, 3.8) is 0 Å². The lowest BCUT2D eigenvalue weighted by Gasteiger charge is -2.16. The van der Waals surface area contributed by atoms with Gasteiger partial charge in [0.2, 0.25) is 5.91 Å². The number of nitrogens with zero attached hydrogens (tertiary/aromatic N) is 3. The van der Waals surface area contributed by atoms with Gasteiger partial charge in [0.05, 0.1) is 25.0 Å². The predicted octanol–water partition coefficient (Wildman–Crippen LogP) is 2.07. The van der Waals surface area contributed by atoms with Gasteiger partial charge in [0.15, 0.2) is 11.0 Å². The molecule has 1 fully saturated rings. The molecule has 156 valence electrons. The molecule has 1 aliphatic rings. The van der Waals surface area contributed by atoms with Crippen LogP contribution < -0.4 is 15.4 Å². The van der Waals surface area contributed by atoms with Gasteiger partial charge in [-0.2, -0.15) is 0 Å². The van der Waals surface area contributed by atoms with E-state index in [0.29, 0.717) is 17.5 Å². The Morgan fingerprint density at radius 1 is 1.34 bits per heavy atom. The Morgan fingerprint density at radius 3 is 2.72 bits per heavy atom. The van der Waals surface area contributed by atoms with E-state index in [2.05, 4.69) is 20.8 Å². The molecule has 0 aliphatic carbocycles. The van der Waals surface area contributed by atoms with E-state index < -0.39 is 17.2 Å². The van der Waals surface area contributed by atoms with Crippen molar-refractivity contribution in [3.05, 3.63) is 24.3 Å². The van der Waals surface area contributed by atoms with Crippen molar-refractivity contribution in [3.8, 4) is 17.1 Å². The first kappa shape index (κ1) is 21.1. The van der Waals surface area contributed by atoms with Crippen LogP contribution in [0.25, 0.3) is 11.4 Å². The van der Waals surface area contributed by atoms with Gasteiger partial charge in [0, 0.05) is 19.2 Å². The van der Waals surface area contributed by atoms with Crippen molar-refractivity contribution in [2.24, 2.45) is 0 Å². The van der Waals surface area contributed by atoms with Gasteiger partial charge in [-0.05, 0) is 44.0 Å². The quantitative estimate of drug-likeness (QED) is 0.662. The normalized spacial score (nSPS) is 17.0. The molecule has 2 heterocycles. The van der Waals surface area contributed by atoms with Crippen molar-refractivity contribution < 1.29 is 19.1 Å². The van der Waals surface area contributed by atoms with Crippen LogP contribution in [-0.4, -0.2) is 58.8 Å². The van der Waals surface area contributed by atoms with Gasteiger partial charge in [-0.25, -0.2) is 4.79 Å². The lowest BCUT2D eigenvalue weighted by atomic mass is 10.2. The van der Waals surface area contributed by atoms with Crippen LogP contribution in [0.2, 0.25) is 0 Å². The van der Waals surface area contributed by atoms with Crippen LogP contribution >= 0.6 is 11.8 Å². The van der Waals surface area contributed by atoms with E-state index >= 15 is 0 Å². The van der Waals surface area contributed by atoms with Crippen LogP contribution in [-0.2, 0) is 16.1 Å². The second-order valence-corrected chi connectivity index (χ2v) is 7.92. The van der Waals surface area contributed by atoms with E-state index in [-0.39, 0.29) is 6.10 Å². The summed E-state index contributed by atoms with van der Waals surface area (Å²) in [6.07, 6.45) is 2.08. The Bertz CT molecular complexity index is 849. The van der Waals surface area contributed by atoms with Crippen LogP contribution in [0, 0.1) is 0 Å². The van der Waals surface area contributed by atoms with Crippen LogP contribution in [0.1, 0.15) is 19.8 Å².